The number of hydrogen-bond donors (Lipinski definition) is 1. The lowest BCUT2D eigenvalue weighted by Crippen LogP contribution is -2.29. The summed E-state index contributed by atoms with van der Waals surface area (Å²) in [4.78, 5) is 39.9. The molecule has 0 aliphatic carbocycles. The summed E-state index contributed by atoms with van der Waals surface area (Å²) in [5, 5.41) is 4.86. The minimum atomic E-state index is -0.424. The van der Waals surface area contributed by atoms with Crippen LogP contribution in [0.5, 0.6) is 0 Å². The fraction of sp³-hybridized carbons (Fsp3) is 0.150. The van der Waals surface area contributed by atoms with Crippen LogP contribution in [0, 0.1) is 0 Å². The van der Waals surface area contributed by atoms with Crippen molar-refractivity contribution in [2.24, 2.45) is 0 Å². The summed E-state index contributed by atoms with van der Waals surface area (Å²) in [5.41, 5.74) is 0.885. The molecule has 0 fully saturated rings. The zero-order chi connectivity index (χ0) is 19.0. The highest BCUT2D eigenvalue weighted by Crippen LogP contribution is 2.26. The van der Waals surface area contributed by atoms with Crippen molar-refractivity contribution in [3.05, 3.63) is 81.4 Å². The molecule has 0 spiro atoms. The average molecular weight is 380 g/mol. The van der Waals surface area contributed by atoms with Gasteiger partial charge in [0.2, 0.25) is 0 Å². The average Bonchev–Trinajstić information content (AvgIpc) is 3.41. The van der Waals surface area contributed by atoms with Gasteiger partial charge in [0.25, 0.3) is 17.7 Å². The van der Waals surface area contributed by atoms with Gasteiger partial charge < -0.3 is 9.73 Å². The van der Waals surface area contributed by atoms with Gasteiger partial charge in [0.15, 0.2) is 0 Å². The Morgan fingerprint density at radius 2 is 1.96 bits per heavy atom. The number of imide groups is 1. The maximum Gasteiger partial charge on any atom is 0.261 e. The van der Waals surface area contributed by atoms with Crippen LogP contribution < -0.4 is 5.32 Å². The van der Waals surface area contributed by atoms with Crippen molar-refractivity contribution in [3.8, 4) is 0 Å². The summed E-state index contributed by atoms with van der Waals surface area (Å²) in [6, 6.07) is 11.7. The molecule has 0 saturated carbocycles. The van der Waals surface area contributed by atoms with Gasteiger partial charge in [0, 0.05) is 10.4 Å². The van der Waals surface area contributed by atoms with E-state index in [0.29, 0.717) is 16.9 Å². The van der Waals surface area contributed by atoms with Crippen molar-refractivity contribution in [3.63, 3.8) is 0 Å². The molecule has 0 radical (unpaired) electrons. The van der Waals surface area contributed by atoms with E-state index < -0.39 is 5.91 Å². The van der Waals surface area contributed by atoms with E-state index in [2.05, 4.69) is 5.32 Å². The summed E-state index contributed by atoms with van der Waals surface area (Å²) in [6.07, 6.45) is 1.49. The number of nitrogens with zero attached hydrogens (tertiary/aromatic N) is 1. The van der Waals surface area contributed by atoms with E-state index in [1.165, 1.54) is 18.4 Å². The molecule has 6 nitrogen and oxygen atoms in total. The molecule has 7 heteroatoms. The maximum absolute atomic E-state index is 12.7. The largest absolute Gasteiger partial charge is 0.467 e. The molecule has 1 aliphatic heterocycles. The number of benzene rings is 1. The van der Waals surface area contributed by atoms with E-state index >= 15 is 0 Å². The fourth-order valence-electron chi connectivity index (χ4n) is 3.02. The number of carbonyl (C=O) groups excluding carboxylic acids is 3. The molecule has 1 aliphatic rings. The zero-order valence-corrected chi connectivity index (χ0v) is 15.3. The third-order valence-electron chi connectivity index (χ3n) is 4.44. The number of rotatable bonds is 5. The van der Waals surface area contributed by atoms with E-state index in [4.69, 9.17) is 4.42 Å². The highest BCUT2D eigenvalue weighted by Gasteiger charge is 2.36. The third kappa shape index (κ3) is 3.17. The zero-order valence-electron chi connectivity index (χ0n) is 14.5. The lowest BCUT2D eigenvalue weighted by atomic mass is 10.0. The first-order valence-electron chi connectivity index (χ1n) is 8.41. The molecule has 1 unspecified atom stereocenters. The summed E-state index contributed by atoms with van der Waals surface area (Å²) >= 11 is 1.56. The van der Waals surface area contributed by atoms with Crippen LogP contribution in [0.1, 0.15) is 54.7 Å². The maximum atomic E-state index is 12.7. The molecule has 1 atom stereocenters. The Bertz CT molecular complexity index is 1010. The fourth-order valence-corrected chi connectivity index (χ4v) is 3.76. The van der Waals surface area contributed by atoms with Crippen LogP contribution in [0.25, 0.3) is 0 Å². The Balaban J connectivity index is 1.54. The Labute approximate surface area is 159 Å². The van der Waals surface area contributed by atoms with E-state index in [1.807, 2.05) is 24.4 Å². The minimum absolute atomic E-state index is 0.0658. The predicted molar refractivity (Wildman–Crippen MR) is 99.6 cm³/mol. The van der Waals surface area contributed by atoms with Crippen molar-refractivity contribution in [2.75, 3.05) is 0 Å². The summed E-state index contributed by atoms with van der Waals surface area (Å²) in [5.74, 6) is -0.576. The molecule has 3 heterocycles. The van der Waals surface area contributed by atoms with E-state index in [1.54, 1.807) is 29.5 Å². The lowest BCUT2D eigenvalue weighted by molar-refractivity contribution is 0.0631. The number of fused-ring (bicyclic) bond motifs is 1. The van der Waals surface area contributed by atoms with Gasteiger partial charge in [0.1, 0.15) is 5.76 Å². The van der Waals surface area contributed by atoms with E-state index in [9.17, 15) is 14.4 Å². The van der Waals surface area contributed by atoms with Crippen molar-refractivity contribution in [2.45, 2.75) is 19.5 Å². The van der Waals surface area contributed by atoms with Gasteiger partial charge in [-0.05, 0) is 48.7 Å². The van der Waals surface area contributed by atoms with Crippen LogP contribution in [0.4, 0.5) is 0 Å². The van der Waals surface area contributed by atoms with Gasteiger partial charge in [0.05, 0.1) is 30.0 Å². The SMILES string of the molecule is CC(NC(=O)c1ccc2c(c1)C(=O)N(Cc1ccco1)C2=O)c1cccs1. The molecule has 4 rings (SSSR count). The number of furan rings is 1. The molecule has 136 valence electrons. The monoisotopic (exact) mass is 380 g/mol. The van der Waals surface area contributed by atoms with Crippen LogP contribution in [0.2, 0.25) is 0 Å². The topological polar surface area (TPSA) is 79.6 Å². The first-order chi connectivity index (χ1) is 13.0. The number of hydrogen-bond acceptors (Lipinski definition) is 5. The quantitative estimate of drug-likeness (QED) is 0.686. The molecule has 1 N–H and O–H groups in total. The Kier molecular flexibility index (Phi) is 4.37. The van der Waals surface area contributed by atoms with Gasteiger partial charge in [-0.1, -0.05) is 6.07 Å². The van der Waals surface area contributed by atoms with Crippen LogP contribution in [-0.4, -0.2) is 22.6 Å². The Morgan fingerprint density at radius 3 is 2.67 bits per heavy atom. The molecule has 2 aromatic heterocycles. The van der Waals surface area contributed by atoms with Crippen LogP contribution in [0.3, 0.4) is 0 Å². The molecule has 1 aromatic carbocycles. The second kappa shape index (κ2) is 6.85. The van der Waals surface area contributed by atoms with E-state index in [0.717, 1.165) is 9.78 Å². The number of amides is 3. The molecule has 3 amide bonds. The van der Waals surface area contributed by atoms with Gasteiger partial charge in [-0.15, -0.1) is 11.3 Å². The smallest absolute Gasteiger partial charge is 0.261 e. The van der Waals surface area contributed by atoms with Crippen LogP contribution in [-0.2, 0) is 6.54 Å². The van der Waals surface area contributed by atoms with Crippen molar-refractivity contribution in [1.82, 2.24) is 10.2 Å². The highest BCUT2D eigenvalue weighted by atomic mass is 32.1. The van der Waals surface area contributed by atoms with Crippen LogP contribution >= 0.6 is 11.3 Å². The first kappa shape index (κ1) is 17.2. The molecule has 0 saturated heterocycles. The summed E-state index contributed by atoms with van der Waals surface area (Å²) in [7, 11) is 0. The predicted octanol–water partition coefficient (Wildman–Crippen LogP) is 3.63. The van der Waals surface area contributed by atoms with Gasteiger partial charge in [-0.3, -0.25) is 19.3 Å². The van der Waals surface area contributed by atoms with Crippen molar-refractivity contribution in [1.29, 1.82) is 0 Å². The summed E-state index contributed by atoms with van der Waals surface area (Å²) < 4.78 is 5.22. The highest BCUT2D eigenvalue weighted by molar-refractivity contribution is 7.10. The molecule has 27 heavy (non-hydrogen) atoms. The Morgan fingerprint density at radius 1 is 1.15 bits per heavy atom. The normalized spacial score (nSPS) is 14.3. The molecule has 0 bridgehead atoms. The van der Waals surface area contributed by atoms with Gasteiger partial charge in [-0.25, -0.2) is 0 Å². The first-order valence-corrected chi connectivity index (χ1v) is 9.29. The third-order valence-corrected chi connectivity index (χ3v) is 5.50. The standard InChI is InChI=1S/C20H16N2O4S/c1-12(17-5-3-9-27-17)21-18(23)13-6-7-15-16(10-13)20(25)22(19(15)24)11-14-4-2-8-26-14/h2-10,12H,11H2,1H3,(H,21,23). The van der Waals surface area contributed by atoms with E-state index in [-0.39, 0.29) is 30.0 Å². The molecular formula is C20H16N2O4S. The number of nitrogens with one attached hydrogen (secondary N) is 1. The van der Waals surface area contributed by atoms with Crippen molar-refractivity contribution >= 4 is 29.1 Å². The lowest BCUT2D eigenvalue weighted by Gasteiger charge is -2.12. The van der Waals surface area contributed by atoms with Gasteiger partial charge >= 0.3 is 0 Å². The van der Waals surface area contributed by atoms with Crippen LogP contribution in [0.15, 0.2) is 58.5 Å². The minimum Gasteiger partial charge on any atom is -0.467 e. The second-order valence-electron chi connectivity index (χ2n) is 6.25. The number of thiophene rings is 1. The number of carbonyl (C=O) groups is 3. The Hall–Kier alpha value is -3.19. The van der Waals surface area contributed by atoms with Crippen molar-refractivity contribution < 1.29 is 18.8 Å². The molecular weight excluding hydrogens is 364 g/mol. The molecule has 3 aromatic rings. The summed E-state index contributed by atoms with van der Waals surface area (Å²) in [6.45, 7) is 1.97. The second-order valence-corrected chi connectivity index (χ2v) is 7.23. The van der Waals surface area contributed by atoms with Gasteiger partial charge in [-0.2, -0.15) is 0 Å².